The summed E-state index contributed by atoms with van der Waals surface area (Å²) in [7, 11) is 0. The van der Waals surface area contributed by atoms with Crippen molar-refractivity contribution in [2.45, 2.75) is 0 Å². The molecule has 0 spiro atoms. The number of fused-ring (bicyclic) bond motifs is 13. The second kappa shape index (κ2) is 54.1. The van der Waals surface area contributed by atoms with Crippen LogP contribution in [0.1, 0.15) is 0 Å². The summed E-state index contributed by atoms with van der Waals surface area (Å²) in [5, 5.41) is 21.8. The topological polar surface area (TPSA) is 142 Å². The highest BCUT2D eigenvalue weighted by Gasteiger charge is 2.01. The lowest BCUT2D eigenvalue weighted by atomic mass is 10.0. The van der Waals surface area contributed by atoms with Crippen LogP contribution in [0, 0.1) is 0 Å². The van der Waals surface area contributed by atoms with Gasteiger partial charge in [-0.05, 0) is 180 Å². The lowest BCUT2D eigenvalue weighted by Crippen LogP contribution is -1.80. The van der Waals surface area contributed by atoms with E-state index in [9.17, 15) is 0 Å². The first-order chi connectivity index (χ1) is 65.6. The molecule has 0 bridgehead atoms. The van der Waals surface area contributed by atoms with E-state index in [0.29, 0.717) is 0 Å². The minimum Gasteiger partial charge on any atom is -0.265 e. The Kier molecular flexibility index (Phi) is 37.6. The molecule has 0 atom stereocenters. The van der Waals surface area contributed by atoms with E-state index in [1.54, 1.807) is 74.4 Å². The highest BCUT2D eigenvalue weighted by atomic mass is 14.8. The Balaban J connectivity index is 0.000000122. The Bertz CT molecular complexity index is 6050. The smallest absolute Gasteiger partial charge is 0.0886 e. The van der Waals surface area contributed by atoms with Gasteiger partial charge in [-0.3, -0.25) is 49.8 Å². The second-order valence-corrected chi connectivity index (χ2v) is 28.9. The number of nitrogens with zero attached hydrogens (tertiary/aromatic N) is 11. The number of hydrogen-bond donors (Lipinski definition) is 0. The predicted octanol–water partition coefficient (Wildman–Crippen LogP) is 30.8. The summed E-state index contributed by atoms with van der Waals surface area (Å²) in [5.41, 5.74) is 7.20. The lowest BCUT2D eigenvalue weighted by Gasteiger charge is -2.02. The molecule has 0 aliphatic heterocycles. The minimum absolute atomic E-state index is 0.949. The van der Waals surface area contributed by atoms with Crippen LogP contribution in [-0.4, -0.2) is 54.8 Å². The van der Waals surface area contributed by atoms with Gasteiger partial charge < -0.3 is 0 Å². The maximum Gasteiger partial charge on any atom is 0.0886 e. The van der Waals surface area contributed by atoms with Crippen LogP contribution in [0.25, 0.3) is 130 Å². The normalized spacial score (nSPS) is 9.82. The van der Waals surface area contributed by atoms with Crippen molar-refractivity contribution < 1.29 is 0 Å². The van der Waals surface area contributed by atoms with E-state index in [1.807, 2.05) is 243 Å². The molecule has 0 saturated heterocycles. The zero-order chi connectivity index (χ0) is 90.2. The van der Waals surface area contributed by atoms with Crippen molar-refractivity contribution in [1.82, 2.24) is 54.8 Å². The zero-order valence-corrected chi connectivity index (χ0v) is 72.9. The average molecular weight is 1710 g/mol. The number of benzene rings is 17. The molecule has 0 fully saturated rings. The molecule has 9 heterocycles. The first-order valence-electron chi connectivity index (χ1n) is 43.3. The molecule has 11 nitrogen and oxygen atoms in total. The van der Waals surface area contributed by atoms with Crippen LogP contribution in [0.5, 0.6) is 0 Å². The fraction of sp³-hybridized carbons (Fsp3) is 0. The lowest BCUT2D eigenvalue weighted by molar-refractivity contribution is 1.20. The van der Waals surface area contributed by atoms with Gasteiger partial charge in [-0.25, -0.2) is 4.98 Å². The van der Waals surface area contributed by atoms with E-state index in [1.165, 1.54) is 91.6 Å². The summed E-state index contributed by atoms with van der Waals surface area (Å²) >= 11 is 0. The van der Waals surface area contributed by atoms with Gasteiger partial charge in [-0.2, -0.15) is 0 Å². The minimum atomic E-state index is 0.949. The van der Waals surface area contributed by atoms with Crippen molar-refractivity contribution >= 4 is 130 Å². The molecule has 0 saturated carbocycles. The van der Waals surface area contributed by atoms with Crippen LogP contribution < -0.4 is 0 Å². The second-order valence-electron chi connectivity index (χ2n) is 28.9. The Morgan fingerprint density at radius 1 is 0.0985 bits per heavy atom. The van der Waals surface area contributed by atoms with E-state index >= 15 is 0 Å². The quantitative estimate of drug-likeness (QED) is 0.106. The highest BCUT2D eigenvalue weighted by Crippen LogP contribution is 2.26. The molecule has 0 N–H and O–H groups in total. The molecular formula is C121H97N11. The van der Waals surface area contributed by atoms with E-state index in [-0.39, 0.29) is 0 Å². The third-order valence-corrected chi connectivity index (χ3v) is 19.8. The van der Waals surface area contributed by atoms with Crippen LogP contribution in [0.15, 0.2) is 590 Å². The van der Waals surface area contributed by atoms with Gasteiger partial charge in [0, 0.05) is 120 Å². The molecule has 26 aromatic rings. The average Bonchev–Trinajstić information content (AvgIpc) is 0.738. The molecule has 26 rings (SSSR count). The molecule has 636 valence electrons. The molecule has 0 aliphatic rings. The molecule has 9 aromatic heterocycles. The molecule has 0 radical (unpaired) electrons. The van der Waals surface area contributed by atoms with Crippen LogP contribution >= 0.6 is 0 Å². The van der Waals surface area contributed by atoms with Gasteiger partial charge in [0.2, 0.25) is 0 Å². The van der Waals surface area contributed by atoms with Crippen LogP contribution in [0.4, 0.5) is 0 Å². The molecule has 0 amide bonds. The van der Waals surface area contributed by atoms with Gasteiger partial charge in [0.15, 0.2) is 0 Å². The summed E-state index contributed by atoms with van der Waals surface area (Å²) in [6.45, 7) is 0. The van der Waals surface area contributed by atoms with E-state index in [0.717, 1.165) is 38.6 Å². The van der Waals surface area contributed by atoms with E-state index in [2.05, 4.69) is 328 Å². The van der Waals surface area contributed by atoms with Crippen molar-refractivity contribution in [3.63, 3.8) is 0 Å². The first kappa shape index (κ1) is 91.8. The highest BCUT2D eigenvalue weighted by molar-refractivity contribution is 6.07. The van der Waals surface area contributed by atoms with Crippen molar-refractivity contribution in [3.05, 3.63) is 590 Å². The summed E-state index contributed by atoms with van der Waals surface area (Å²) in [6.07, 6.45) is 25.9. The van der Waals surface area contributed by atoms with Gasteiger partial charge in [0.05, 0.1) is 38.6 Å². The van der Waals surface area contributed by atoms with Crippen molar-refractivity contribution in [1.29, 1.82) is 0 Å². The van der Waals surface area contributed by atoms with Gasteiger partial charge in [0.25, 0.3) is 0 Å². The molecule has 11 heteroatoms. The molecule has 132 heavy (non-hydrogen) atoms. The molecule has 0 unspecified atom stereocenters. The van der Waals surface area contributed by atoms with Crippen molar-refractivity contribution in [2.24, 2.45) is 0 Å². The Labute approximate surface area is 770 Å². The fourth-order valence-corrected chi connectivity index (χ4v) is 13.4. The third kappa shape index (κ3) is 31.0. The molecule has 0 aliphatic carbocycles. The number of para-hydroxylation sites is 7. The SMILES string of the molecule is c1ccc2c(c1)ccc1ccccc12.c1ccc2cc3ccccc3cc2c1.c1ccc2ccccc2c1.c1ccc2ccccc2c1.c1ccc2nc3ccccc3cc2c1.c1ccc2ncccc2c1.c1ccc2ncccc2c1.c1ccc2ncccc2c1.c1ccc2nccnc2c1.c1ccccc1.c1ccncc1.c1ccncc1.c1ccncc1.c1cnccn1. The number of hydrogen-bond acceptors (Lipinski definition) is 11. The number of pyridine rings is 7. The molecular weight excluding hydrogens is 1610 g/mol. The summed E-state index contributed by atoms with van der Waals surface area (Å²) in [6, 6.07) is 168. The molecule has 17 aromatic carbocycles. The monoisotopic (exact) mass is 1700 g/mol. The third-order valence-electron chi connectivity index (χ3n) is 19.8. The Hall–Kier alpha value is -17.9. The maximum atomic E-state index is 4.58. The summed E-state index contributed by atoms with van der Waals surface area (Å²) in [4.78, 5) is 44.2. The number of aromatic nitrogens is 11. The fourth-order valence-electron chi connectivity index (χ4n) is 13.4. The van der Waals surface area contributed by atoms with Crippen LogP contribution in [0.3, 0.4) is 0 Å². The Morgan fingerprint density at radius 3 is 0.538 bits per heavy atom. The first-order valence-corrected chi connectivity index (χ1v) is 43.3. The van der Waals surface area contributed by atoms with Gasteiger partial charge >= 0.3 is 0 Å². The Morgan fingerprint density at radius 2 is 0.288 bits per heavy atom. The van der Waals surface area contributed by atoms with Crippen LogP contribution in [-0.2, 0) is 0 Å². The maximum absolute atomic E-state index is 4.58. The zero-order valence-electron chi connectivity index (χ0n) is 72.9. The van der Waals surface area contributed by atoms with Crippen molar-refractivity contribution in [3.8, 4) is 0 Å². The predicted molar refractivity (Wildman–Crippen MR) is 556 cm³/mol. The largest absolute Gasteiger partial charge is 0.265 e. The van der Waals surface area contributed by atoms with E-state index in [4.69, 9.17) is 0 Å². The van der Waals surface area contributed by atoms with Crippen LogP contribution in [0.2, 0.25) is 0 Å². The van der Waals surface area contributed by atoms with Gasteiger partial charge in [0.1, 0.15) is 0 Å². The summed E-state index contributed by atoms with van der Waals surface area (Å²) in [5.74, 6) is 0. The van der Waals surface area contributed by atoms with Gasteiger partial charge in [-0.15, -0.1) is 0 Å². The van der Waals surface area contributed by atoms with Crippen molar-refractivity contribution in [2.75, 3.05) is 0 Å². The van der Waals surface area contributed by atoms with E-state index < -0.39 is 0 Å². The summed E-state index contributed by atoms with van der Waals surface area (Å²) < 4.78 is 0. The standard InChI is InChI=1S/2C14H10.C13H9N.2C10H8.3C9H7N.C8H6N2.C6H6.3C5H5N.C4H4N2/c1-3-7-13-11(5-1)9-10-12-6-2-4-8-14(12)13;1-2-6-12-10-14-8-4-3-7-13(14)9-11(12)5-1;1-3-7-12-10(5-1)9-11-6-2-4-8-13(11)14-12;2*1-2-6-10-8-4-3-7-9(10)5-1;3*1-2-6-9-8(4-1)5-3-7-10-9;1-2-4-8-7(3-1)9-5-6-10-8;4*1-2-4-6-5-3-1;1-2-6-4-3-5-1/h2*1-10H;1-9H;2*1-8H;3*1-7H;1-6H;1-6H;3*1-5H;1-4H. The number of rotatable bonds is 0. The van der Waals surface area contributed by atoms with Gasteiger partial charge in [-0.1, -0.05) is 382 Å².